The van der Waals surface area contributed by atoms with Crippen molar-refractivity contribution < 1.29 is 24.7 Å². The Morgan fingerprint density at radius 3 is 2.50 bits per heavy atom. The maximum atomic E-state index is 9.04. The lowest BCUT2D eigenvalue weighted by Crippen LogP contribution is -3.09. The lowest BCUT2D eigenvalue weighted by molar-refractivity contribution is -0.872. The summed E-state index contributed by atoms with van der Waals surface area (Å²) in [7, 11) is 2.26. The van der Waals surface area contributed by atoms with Crippen LogP contribution < -0.4 is 10.0 Å². The standard InChI is InChI=1S/C16H27N3S.C2H2O4/c1-3-4-5-6-7-8-11-15-16(18-20-17-15)14-10-9-12-19(2)13-14;3-1(4)2(5)6/h10H,3-9,11-13H2,1-2H3;(H,3,4)(H,5,6). The van der Waals surface area contributed by atoms with Crippen molar-refractivity contribution >= 4 is 29.2 Å². The van der Waals surface area contributed by atoms with Crippen LogP contribution in [0.25, 0.3) is 5.57 Å². The van der Waals surface area contributed by atoms with Crippen molar-refractivity contribution in [2.45, 2.75) is 58.3 Å². The predicted molar refractivity (Wildman–Crippen MR) is 98.8 cm³/mol. The van der Waals surface area contributed by atoms with E-state index in [1.807, 2.05) is 0 Å². The third-order valence-corrected chi connectivity index (χ3v) is 4.82. The van der Waals surface area contributed by atoms with E-state index in [1.54, 1.807) is 4.90 Å². The molecule has 0 amide bonds. The summed E-state index contributed by atoms with van der Waals surface area (Å²) in [4.78, 5) is 19.6. The molecule has 1 unspecified atom stereocenters. The first-order chi connectivity index (χ1) is 12.5. The van der Waals surface area contributed by atoms with E-state index < -0.39 is 11.9 Å². The van der Waals surface area contributed by atoms with Crippen LogP contribution in [0.3, 0.4) is 0 Å². The predicted octanol–water partition coefficient (Wildman–Crippen LogP) is 0.564. The first kappa shape index (κ1) is 22.2. The molecule has 26 heavy (non-hydrogen) atoms. The number of carbonyl (C=O) groups is 2. The molecule has 0 spiro atoms. The van der Waals surface area contributed by atoms with E-state index in [9.17, 15) is 0 Å². The number of carboxylic acid groups (broad SMARTS) is 2. The smallest absolute Gasteiger partial charge is 0.351 e. The van der Waals surface area contributed by atoms with Crippen molar-refractivity contribution in [3.8, 4) is 0 Å². The Hall–Kier alpha value is -1.80. The average molecular weight is 384 g/mol. The topological polar surface area (TPSA) is 108 Å². The number of hydrogen-bond donors (Lipinski definition) is 2. The van der Waals surface area contributed by atoms with Crippen LogP contribution in [0.2, 0.25) is 0 Å². The number of rotatable bonds is 8. The Morgan fingerprint density at radius 2 is 1.88 bits per heavy atom. The van der Waals surface area contributed by atoms with Gasteiger partial charge in [0.1, 0.15) is 12.2 Å². The van der Waals surface area contributed by atoms with E-state index in [1.165, 1.54) is 80.2 Å². The molecule has 0 fully saturated rings. The van der Waals surface area contributed by atoms with Crippen molar-refractivity contribution in [3.05, 3.63) is 17.5 Å². The minimum Gasteiger partial charge on any atom is -0.539 e. The highest BCUT2D eigenvalue weighted by Crippen LogP contribution is 2.20. The van der Waals surface area contributed by atoms with Gasteiger partial charge in [-0.2, -0.15) is 8.75 Å². The Balaban J connectivity index is 0.000000487. The minimum atomic E-state index is -2.07. The molecular formula is C18H29N3O4S. The number of aromatic nitrogens is 2. The summed E-state index contributed by atoms with van der Waals surface area (Å²) in [5.41, 5.74) is 3.86. The first-order valence-electron chi connectivity index (χ1n) is 9.22. The third-order valence-electron chi connectivity index (χ3n) is 4.26. The van der Waals surface area contributed by atoms with E-state index in [0.717, 1.165) is 13.0 Å². The van der Waals surface area contributed by atoms with Gasteiger partial charge in [-0.1, -0.05) is 45.1 Å². The summed E-state index contributed by atoms with van der Waals surface area (Å²) in [6, 6.07) is 0. The maximum Gasteiger partial charge on any atom is 0.351 e. The van der Waals surface area contributed by atoms with Crippen LogP contribution in [0, 0.1) is 0 Å². The summed E-state index contributed by atoms with van der Waals surface area (Å²) in [5, 5.41) is 16.3. The molecule has 0 saturated heterocycles. The molecular weight excluding hydrogens is 354 g/mol. The van der Waals surface area contributed by atoms with Gasteiger partial charge in [0, 0.05) is 12.0 Å². The van der Waals surface area contributed by atoms with Crippen LogP contribution in [0.5, 0.6) is 0 Å². The van der Waals surface area contributed by atoms with Crippen LogP contribution in [0.4, 0.5) is 0 Å². The first-order valence-corrected chi connectivity index (χ1v) is 9.95. The number of likely N-dealkylation sites (N-methyl/N-ethyl adjacent to an activating group) is 1. The lowest BCUT2D eigenvalue weighted by Gasteiger charge is -2.19. The largest absolute Gasteiger partial charge is 0.539 e. The molecule has 8 heteroatoms. The molecule has 1 aliphatic heterocycles. The second kappa shape index (κ2) is 12.5. The van der Waals surface area contributed by atoms with Crippen molar-refractivity contribution in [2.24, 2.45) is 0 Å². The molecule has 7 nitrogen and oxygen atoms in total. The minimum absolute atomic E-state index is 1.11. The second-order valence-corrected chi connectivity index (χ2v) is 7.10. The number of nitrogens with zero attached hydrogens (tertiary/aromatic N) is 2. The zero-order chi connectivity index (χ0) is 19.4. The van der Waals surface area contributed by atoms with E-state index in [0.29, 0.717) is 0 Å². The van der Waals surface area contributed by atoms with Crippen LogP contribution in [0.15, 0.2) is 6.08 Å². The van der Waals surface area contributed by atoms with Gasteiger partial charge in [-0.15, -0.1) is 0 Å². The third kappa shape index (κ3) is 8.53. The van der Waals surface area contributed by atoms with E-state index >= 15 is 0 Å². The van der Waals surface area contributed by atoms with Crippen molar-refractivity contribution in [3.63, 3.8) is 0 Å². The molecule has 2 heterocycles. The Labute approximate surface area is 159 Å². The molecule has 0 saturated carbocycles. The molecule has 146 valence electrons. The second-order valence-electron chi connectivity index (χ2n) is 6.57. The van der Waals surface area contributed by atoms with Crippen molar-refractivity contribution in [1.82, 2.24) is 8.75 Å². The van der Waals surface area contributed by atoms with Crippen molar-refractivity contribution in [2.75, 3.05) is 20.1 Å². The summed E-state index contributed by atoms with van der Waals surface area (Å²) >= 11 is 1.38. The molecule has 2 N–H and O–H groups in total. The zero-order valence-corrected chi connectivity index (χ0v) is 16.4. The number of aryl methyl sites for hydroxylation is 1. The highest BCUT2D eigenvalue weighted by Gasteiger charge is 2.19. The number of unbranched alkanes of at least 4 members (excludes halogenated alkanes) is 5. The summed E-state index contributed by atoms with van der Waals surface area (Å²) in [6.07, 6.45) is 12.7. The molecule has 0 radical (unpaired) electrons. The van der Waals surface area contributed by atoms with Gasteiger partial charge in [0.25, 0.3) is 0 Å². The van der Waals surface area contributed by atoms with Gasteiger partial charge in [-0.25, -0.2) is 4.79 Å². The van der Waals surface area contributed by atoms with Crippen LogP contribution in [-0.2, 0) is 16.0 Å². The Kier molecular flexibility index (Phi) is 10.7. The van der Waals surface area contributed by atoms with E-state index in [-0.39, 0.29) is 0 Å². The van der Waals surface area contributed by atoms with Gasteiger partial charge in [0.15, 0.2) is 5.97 Å². The Bertz CT molecular complexity index is 589. The molecule has 1 aromatic heterocycles. The Morgan fingerprint density at radius 1 is 1.23 bits per heavy atom. The van der Waals surface area contributed by atoms with Gasteiger partial charge in [-0.05, 0) is 12.8 Å². The van der Waals surface area contributed by atoms with Crippen LogP contribution in [-0.4, -0.2) is 45.9 Å². The number of quaternary nitrogens is 1. The summed E-state index contributed by atoms with van der Waals surface area (Å²) in [6.45, 7) is 4.62. The summed E-state index contributed by atoms with van der Waals surface area (Å²) in [5.74, 6) is -4.01. The monoisotopic (exact) mass is 383 g/mol. The molecule has 1 atom stereocenters. The van der Waals surface area contributed by atoms with Crippen molar-refractivity contribution in [1.29, 1.82) is 0 Å². The maximum absolute atomic E-state index is 9.04. The quantitative estimate of drug-likeness (QED) is 0.502. The summed E-state index contributed by atoms with van der Waals surface area (Å²) < 4.78 is 9.08. The lowest BCUT2D eigenvalue weighted by atomic mass is 10.0. The van der Waals surface area contributed by atoms with E-state index in [4.69, 9.17) is 19.8 Å². The van der Waals surface area contributed by atoms with Crippen LogP contribution >= 0.6 is 11.7 Å². The molecule has 0 aliphatic carbocycles. The highest BCUT2D eigenvalue weighted by molar-refractivity contribution is 6.99. The molecule has 2 rings (SSSR count). The van der Waals surface area contributed by atoms with Gasteiger partial charge in [-0.3, -0.25) is 0 Å². The number of nitrogens with one attached hydrogen (secondary N) is 1. The van der Waals surface area contributed by atoms with Crippen LogP contribution in [0.1, 0.15) is 63.3 Å². The fourth-order valence-corrected chi connectivity index (χ4v) is 3.47. The normalized spacial score (nSPS) is 16.4. The molecule has 0 bridgehead atoms. The molecule has 0 aromatic carbocycles. The number of aliphatic carboxylic acids is 2. The number of carboxylic acids is 2. The van der Waals surface area contributed by atoms with E-state index in [2.05, 4.69) is 28.8 Å². The molecule has 1 aliphatic rings. The average Bonchev–Trinajstić information content (AvgIpc) is 3.07. The fraction of sp³-hybridized carbons (Fsp3) is 0.667. The van der Waals surface area contributed by atoms with Gasteiger partial charge < -0.3 is 19.9 Å². The zero-order valence-electron chi connectivity index (χ0n) is 15.6. The highest BCUT2D eigenvalue weighted by atomic mass is 32.1. The molecule has 1 aromatic rings. The fourth-order valence-electron chi connectivity index (χ4n) is 2.85. The number of hydrogen-bond acceptors (Lipinski definition) is 6. The van der Waals surface area contributed by atoms with Gasteiger partial charge in [0.05, 0.1) is 31.0 Å². The van der Waals surface area contributed by atoms with Gasteiger partial charge >= 0.3 is 5.97 Å². The SMILES string of the molecule is CCCCCCCCc1nsnc1C1=CCC[NH+](C)C1.O=C([O-])C(=O)O. The number of carbonyl (C=O) groups excluding carboxylic acids is 1. The van der Waals surface area contributed by atoms with Gasteiger partial charge in [0.2, 0.25) is 0 Å².